The molecule has 154 valence electrons. The van der Waals surface area contributed by atoms with Crippen molar-refractivity contribution < 1.29 is 26.3 Å². The van der Waals surface area contributed by atoms with E-state index < -0.39 is 23.5 Å². The van der Waals surface area contributed by atoms with Gasteiger partial charge < -0.3 is 15.5 Å². The van der Waals surface area contributed by atoms with Gasteiger partial charge in [0.15, 0.2) is 5.11 Å². The summed E-state index contributed by atoms with van der Waals surface area (Å²) in [7, 11) is 3.71. The highest BCUT2D eigenvalue weighted by Gasteiger charge is 2.37. The lowest BCUT2D eigenvalue weighted by molar-refractivity contribution is -0.143. The fourth-order valence-corrected chi connectivity index (χ4v) is 2.68. The Morgan fingerprint density at radius 3 is 1.89 bits per heavy atom. The van der Waals surface area contributed by atoms with Gasteiger partial charge in [-0.25, -0.2) is 0 Å². The average molecular weight is 415 g/mol. The number of nitrogens with one attached hydrogen (secondary N) is 2. The Morgan fingerprint density at radius 2 is 1.52 bits per heavy atom. The maximum atomic E-state index is 12.9. The summed E-state index contributed by atoms with van der Waals surface area (Å²) >= 11 is 5.10. The van der Waals surface area contributed by atoms with Gasteiger partial charge in [0.25, 0.3) is 0 Å². The summed E-state index contributed by atoms with van der Waals surface area (Å²) in [6, 6.07) is 1.18. The van der Waals surface area contributed by atoms with Crippen molar-refractivity contribution in [1.29, 1.82) is 0 Å². The molecular formula is C17H23F6N3S. The summed E-state index contributed by atoms with van der Waals surface area (Å²) in [6.07, 6.45) is -8.98. The van der Waals surface area contributed by atoms with E-state index in [-0.39, 0.29) is 28.8 Å². The van der Waals surface area contributed by atoms with Crippen molar-refractivity contribution in [2.45, 2.75) is 38.7 Å². The van der Waals surface area contributed by atoms with Crippen molar-refractivity contribution >= 4 is 23.0 Å². The first-order valence-electron chi connectivity index (χ1n) is 8.25. The standard InChI is InChI=1S/C17H23F6N3S/c1-5-10(2)14(9-26(3)4)25-15(27)24-13-7-11(16(18,19)20)6-12(8-13)17(21,22)23/h6-8,10,14H,5,9H2,1-4H3,(H2,24,25,27)/t10-,14+/m0/s1. The van der Waals surface area contributed by atoms with Crippen LogP contribution in [0.3, 0.4) is 0 Å². The summed E-state index contributed by atoms with van der Waals surface area (Å²) in [5, 5.41) is 5.40. The third-order valence-electron chi connectivity index (χ3n) is 4.05. The van der Waals surface area contributed by atoms with Crippen LogP contribution in [0.2, 0.25) is 0 Å². The first-order valence-corrected chi connectivity index (χ1v) is 8.66. The highest BCUT2D eigenvalue weighted by molar-refractivity contribution is 7.80. The normalized spacial score (nSPS) is 14.8. The van der Waals surface area contributed by atoms with E-state index in [1.54, 1.807) is 0 Å². The van der Waals surface area contributed by atoms with Gasteiger partial charge in [0.2, 0.25) is 0 Å². The molecule has 0 aliphatic rings. The molecule has 0 aromatic heterocycles. The number of anilines is 1. The fraction of sp³-hybridized carbons (Fsp3) is 0.588. The molecule has 0 bridgehead atoms. The van der Waals surface area contributed by atoms with Crippen LogP contribution in [0, 0.1) is 5.92 Å². The second-order valence-corrected chi connectivity index (χ2v) is 7.06. The second-order valence-electron chi connectivity index (χ2n) is 6.65. The molecule has 0 aliphatic heterocycles. The minimum atomic E-state index is -4.91. The molecule has 0 fully saturated rings. The van der Waals surface area contributed by atoms with Crippen LogP contribution in [0.4, 0.5) is 32.0 Å². The zero-order valence-corrected chi connectivity index (χ0v) is 16.2. The predicted molar refractivity (Wildman–Crippen MR) is 97.6 cm³/mol. The van der Waals surface area contributed by atoms with Crippen LogP contribution in [0.5, 0.6) is 0 Å². The number of likely N-dealkylation sites (N-methyl/N-ethyl adjacent to an activating group) is 1. The lowest BCUT2D eigenvalue weighted by Gasteiger charge is -2.28. The molecule has 2 atom stereocenters. The first-order chi connectivity index (χ1) is 12.2. The maximum absolute atomic E-state index is 12.9. The number of hydrogen-bond donors (Lipinski definition) is 2. The molecule has 0 unspecified atom stereocenters. The average Bonchev–Trinajstić information content (AvgIpc) is 2.50. The quantitative estimate of drug-likeness (QED) is 0.506. The fourth-order valence-electron chi connectivity index (χ4n) is 2.41. The molecule has 0 radical (unpaired) electrons. The molecule has 3 nitrogen and oxygen atoms in total. The summed E-state index contributed by atoms with van der Waals surface area (Å²) in [5.74, 6) is 0.194. The lowest BCUT2D eigenvalue weighted by atomic mass is 9.99. The van der Waals surface area contributed by atoms with Gasteiger partial charge in [-0.05, 0) is 50.4 Å². The summed E-state index contributed by atoms with van der Waals surface area (Å²) < 4.78 is 77.6. The topological polar surface area (TPSA) is 27.3 Å². The second kappa shape index (κ2) is 9.09. The Bertz CT molecular complexity index is 610. The smallest absolute Gasteiger partial charge is 0.358 e. The summed E-state index contributed by atoms with van der Waals surface area (Å²) in [6.45, 7) is 4.57. The number of benzene rings is 1. The molecule has 2 N–H and O–H groups in total. The predicted octanol–water partition coefficient (Wildman–Crippen LogP) is 4.99. The molecule has 1 aromatic carbocycles. The number of rotatable bonds is 6. The minimum absolute atomic E-state index is 0.0328. The third-order valence-corrected chi connectivity index (χ3v) is 4.27. The molecule has 0 spiro atoms. The van der Waals surface area contributed by atoms with Gasteiger partial charge >= 0.3 is 12.4 Å². The monoisotopic (exact) mass is 415 g/mol. The highest BCUT2D eigenvalue weighted by Crippen LogP contribution is 2.37. The van der Waals surface area contributed by atoms with Gasteiger partial charge in [-0.3, -0.25) is 0 Å². The Balaban J connectivity index is 3.07. The van der Waals surface area contributed by atoms with E-state index in [1.807, 2.05) is 32.8 Å². The Hall–Kier alpha value is -1.55. The van der Waals surface area contributed by atoms with E-state index in [1.165, 1.54) is 0 Å². The van der Waals surface area contributed by atoms with E-state index in [4.69, 9.17) is 12.2 Å². The number of halogens is 6. The zero-order valence-electron chi connectivity index (χ0n) is 15.4. The van der Waals surface area contributed by atoms with Gasteiger partial charge in [-0.15, -0.1) is 0 Å². The van der Waals surface area contributed by atoms with Gasteiger partial charge in [0.1, 0.15) is 0 Å². The van der Waals surface area contributed by atoms with Crippen molar-refractivity contribution in [3.05, 3.63) is 29.3 Å². The van der Waals surface area contributed by atoms with Crippen LogP contribution in [0.1, 0.15) is 31.4 Å². The molecule has 10 heteroatoms. The Morgan fingerprint density at radius 1 is 1.04 bits per heavy atom. The Labute approximate surface area is 160 Å². The van der Waals surface area contributed by atoms with E-state index in [0.717, 1.165) is 6.42 Å². The Kier molecular flexibility index (Phi) is 7.91. The van der Waals surface area contributed by atoms with Crippen LogP contribution in [-0.2, 0) is 12.4 Å². The highest BCUT2D eigenvalue weighted by atomic mass is 32.1. The SMILES string of the molecule is CC[C@H](C)[C@@H](CN(C)C)NC(=S)Nc1cc(C(F)(F)F)cc(C(F)(F)F)c1. The van der Waals surface area contributed by atoms with Crippen LogP contribution in [0.15, 0.2) is 18.2 Å². The number of hydrogen-bond acceptors (Lipinski definition) is 2. The van der Waals surface area contributed by atoms with Gasteiger partial charge in [0, 0.05) is 18.3 Å². The number of alkyl halides is 6. The summed E-state index contributed by atoms with van der Waals surface area (Å²) in [5.41, 5.74) is -3.16. The van der Waals surface area contributed by atoms with E-state index in [2.05, 4.69) is 10.6 Å². The van der Waals surface area contributed by atoms with Crippen LogP contribution >= 0.6 is 12.2 Å². The number of nitrogens with zero attached hydrogens (tertiary/aromatic N) is 1. The zero-order chi connectivity index (χ0) is 21.0. The molecule has 0 saturated heterocycles. The first kappa shape index (κ1) is 23.5. The third kappa shape index (κ3) is 7.53. The molecular weight excluding hydrogens is 392 g/mol. The largest absolute Gasteiger partial charge is 0.416 e. The van der Waals surface area contributed by atoms with Crippen molar-refractivity contribution in [2.75, 3.05) is 26.0 Å². The van der Waals surface area contributed by atoms with Crippen LogP contribution < -0.4 is 10.6 Å². The van der Waals surface area contributed by atoms with Crippen LogP contribution in [-0.4, -0.2) is 36.7 Å². The molecule has 0 aliphatic carbocycles. The van der Waals surface area contributed by atoms with Gasteiger partial charge in [0.05, 0.1) is 11.1 Å². The van der Waals surface area contributed by atoms with Gasteiger partial charge in [-0.2, -0.15) is 26.3 Å². The summed E-state index contributed by atoms with van der Waals surface area (Å²) in [4.78, 5) is 1.92. The molecule has 27 heavy (non-hydrogen) atoms. The molecule has 1 aromatic rings. The van der Waals surface area contributed by atoms with E-state index in [9.17, 15) is 26.3 Å². The molecule has 0 amide bonds. The molecule has 0 heterocycles. The van der Waals surface area contributed by atoms with E-state index >= 15 is 0 Å². The van der Waals surface area contributed by atoms with Crippen molar-refractivity contribution in [3.8, 4) is 0 Å². The lowest BCUT2D eigenvalue weighted by Crippen LogP contribution is -2.47. The van der Waals surface area contributed by atoms with Crippen molar-refractivity contribution in [3.63, 3.8) is 0 Å². The number of thiocarbonyl (C=S) groups is 1. The van der Waals surface area contributed by atoms with Gasteiger partial charge in [-0.1, -0.05) is 20.3 Å². The van der Waals surface area contributed by atoms with E-state index in [0.29, 0.717) is 18.7 Å². The maximum Gasteiger partial charge on any atom is 0.416 e. The van der Waals surface area contributed by atoms with Crippen molar-refractivity contribution in [2.24, 2.45) is 5.92 Å². The minimum Gasteiger partial charge on any atom is -0.358 e. The molecule has 0 saturated carbocycles. The van der Waals surface area contributed by atoms with Crippen LogP contribution in [0.25, 0.3) is 0 Å². The van der Waals surface area contributed by atoms with Crippen molar-refractivity contribution in [1.82, 2.24) is 10.2 Å². The molecule has 1 rings (SSSR count).